The molecule has 0 aromatic heterocycles. The molecule has 0 saturated heterocycles. The van der Waals surface area contributed by atoms with E-state index >= 15 is 0 Å². The predicted octanol–water partition coefficient (Wildman–Crippen LogP) is 2.14. The van der Waals surface area contributed by atoms with E-state index in [1.54, 1.807) is 0 Å². The van der Waals surface area contributed by atoms with Gasteiger partial charge in [0.2, 0.25) is 0 Å². The van der Waals surface area contributed by atoms with Gasteiger partial charge < -0.3 is 5.11 Å². The van der Waals surface area contributed by atoms with Gasteiger partial charge in [0.15, 0.2) is 5.78 Å². The van der Waals surface area contributed by atoms with E-state index in [2.05, 4.69) is 0 Å². The summed E-state index contributed by atoms with van der Waals surface area (Å²) >= 11 is 0. The van der Waals surface area contributed by atoms with Crippen LogP contribution in [0.1, 0.15) is 53.4 Å². The second-order valence-electron chi connectivity index (χ2n) is 6.64. The van der Waals surface area contributed by atoms with Crippen molar-refractivity contribution in [1.29, 1.82) is 0 Å². The first kappa shape index (κ1) is 18.1. The third-order valence-electron chi connectivity index (χ3n) is 5.26. The Morgan fingerprint density at radius 2 is 1.86 bits per heavy atom. The number of carboxylic acid groups (broad SMARTS) is 1. The summed E-state index contributed by atoms with van der Waals surface area (Å²) in [5.74, 6) is -1.24. The zero-order chi connectivity index (χ0) is 16.6. The molecule has 0 aliphatic heterocycles. The summed E-state index contributed by atoms with van der Waals surface area (Å²) in [7, 11) is -4.24. The highest BCUT2D eigenvalue weighted by Gasteiger charge is 2.69. The van der Waals surface area contributed by atoms with E-state index in [4.69, 9.17) is 9.66 Å². The summed E-state index contributed by atoms with van der Waals surface area (Å²) in [6.07, 6.45) is 2.46. The molecule has 7 heteroatoms. The van der Waals surface area contributed by atoms with Gasteiger partial charge in [0.1, 0.15) is 5.25 Å². The molecule has 0 amide bonds. The Bertz CT molecular complexity index is 536. The minimum atomic E-state index is -4.24. The molecule has 0 aromatic carbocycles. The van der Waals surface area contributed by atoms with Crippen molar-refractivity contribution in [3.63, 3.8) is 0 Å². The predicted molar refractivity (Wildman–Crippen MR) is 77.5 cm³/mol. The maximum atomic E-state index is 12.0. The highest BCUT2D eigenvalue weighted by atomic mass is 32.2. The summed E-state index contributed by atoms with van der Waals surface area (Å²) in [5.41, 5.74) is -0.914. The second kappa shape index (κ2) is 5.68. The largest absolute Gasteiger partial charge is 0.481 e. The second-order valence-corrected chi connectivity index (χ2v) is 8.18. The van der Waals surface area contributed by atoms with Gasteiger partial charge >= 0.3 is 5.97 Å². The molecule has 2 fully saturated rings. The Morgan fingerprint density at radius 3 is 2.05 bits per heavy atom. The molecule has 21 heavy (non-hydrogen) atoms. The van der Waals surface area contributed by atoms with Crippen LogP contribution >= 0.6 is 0 Å². The van der Waals surface area contributed by atoms with Gasteiger partial charge in [-0.3, -0.25) is 14.1 Å². The van der Waals surface area contributed by atoms with Crippen molar-refractivity contribution in [3.8, 4) is 0 Å². The van der Waals surface area contributed by atoms with Crippen LogP contribution < -0.4 is 0 Å². The van der Waals surface area contributed by atoms with Crippen LogP contribution in [0.3, 0.4) is 0 Å². The monoisotopic (exact) mass is 320 g/mol. The van der Waals surface area contributed by atoms with Crippen LogP contribution in [0.15, 0.2) is 0 Å². The van der Waals surface area contributed by atoms with Gasteiger partial charge in [-0.05, 0) is 30.6 Å². The van der Waals surface area contributed by atoms with E-state index in [-0.39, 0.29) is 17.1 Å². The first-order valence-electron chi connectivity index (χ1n) is 7.12. The number of fused-ring (bicyclic) bond motifs is 2. The van der Waals surface area contributed by atoms with Crippen molar-refractivity contribution in [2.45, 2.75) is 58.6 Å². The van der Waals surface area contributed by atoms with Crippen molar-refractivity contribution < 1.29 is 27.7 Å². The fourth-order valence-electron chi connectivity index (χ4n) is 3.56. The van der Waals surface area contributed by atoms with E-state index in [9.17, 15) is 18.0 Å². The maximum Gasteiger partial charge on any atom is 0.303 e. The van der Waals surface area contributed by atoms with Gasteiger partial charge in [0.25, 0.3) is 10.1 Å². The zero-order valence-corrected chi connectivity index (χ0v) is 13.7. The van der Waals surface area contributed by atoms with E-state index < -0.39 is 26.8 Å². The first-order chi connectivity index (χ1) is 9.39. The Kier molecular flexibility index (Phi) is 4.90. The molecular formula is C14H24O6S. The molecule has 2 aliphatic rings. The van der Waals surface area contributed by atoms with E-state index in [1.807, 2.05) is 27.7 Å². The number of hydrogen-bond acceptors (Lipinski definition) is 4. The molecule has 2 aliphatic carbocycles. The van der Waals surface area contributed by atoms with Crippen molar-refractivity contribution in [2.24, 2.45) is 16.7 Å². The summed E-state index contributed by atoms with van der Waals surface area (Å²) in [5, 5.41) is 6.72. The van der Waals surface area contributed by atoms with E-state index in [1.165, 1.54) is 0 Å². The SMILES string of the molecule is CC12CCC(C(S(=O)(=O)O)C1=O)C2(C)C.CCCC(=O)O. The summed E-state index contributed by atoms with van der Waals surface area (Å²) in [4.78, 5) is 21.6. The third kappa shape index (κ3) is 2.99. The molecule has 2 N–H and O–H groups in total. The molecule has 2 bridgehead atoms. The first-order valence-corrected chi connectivity index (χ1v) is 8.62. The fraction of sp³-hybridized carbons (Fsp3) is 0.857. The number of ketones is 1. The molecule has 2 rings (SSSR count). The quantitative estimate of drug-likeness (QED) is 0.771. The number of rotatable bonds is 3. The van der Waals surface area contributed by atoms with Gasteiger partial charge in [-0.25, -0.2) is 0 Å². The van der Waals surface area contributed by atoms with E-state index in [0.29, 0.717) is 12.8 Å². The number of hydrogen-bond donors (Lipinski definition) is 2. The maximum absolute atomic E-state index is 12.0. The Hall–Kier alpha value is -0.950. The number of carbonyl (C=O) groups is 2. The van der Waals surface area contributed by atoms with Crippen molar-refractivity contribution in [3.05, 3.63) is 0 Å². The number of Topliss-reactive ketones (excluding diaryl/α,β-unsaturated/α-hetero) is 1. The van der Waals surface area contributed by atoms with Gasteiger partial charge in [0, 0.05) is 11.8 Å². The summed E-state index contributed by atoms with van der Waals surface area (Å²) < 4.78 is 31.5. The number of carbonyl (C=O) groups excluding carboxylic acids is 1. The Morgan fingerprint density at radius 1 is 1.33 bits per heavy atom. The molecule has 0 spiro atoms. The van der Waals surface area contributed by atoms with Gasteiger partial charge in [-0.2, -0.15) is 8.42 Å². The number of carboxylic acids is 1. The van der Waals surface area contributed by atoms with Crippen LogP contribution in [-0.2, 0) is 19.7 Å². The topological polar surface area (TPSA) is 109 Å². The lowest BCUT2D eigenvalue weighted by atomic mass is 9.70. The van der Waals surface area contributed by atoms with Gasteiger partial charge in [-0.1, -0.05) is 27.7 Å². The molecule has 3 atom stereocenters. The minimum absolute atomic E-state index is 0.231. The fourth-order valence-corrected chi connectivity index (χ4v) is 4.98. The van der Waals surface area contributed by atoms with Gasteiger partial charge in [-0.15, -0.1) is 0 Å². The summed E-state index contributed by atoms with van der Waals surface area (Å²) in [6.45, 7) is 7.51. The van der Waals surface area contributed by atoms with Crippen LogP contribution in [0.25, 0.3) is 0 Å². The van der Waals surface area contributed by atoms with Crippen LogP contribution in [0.2, 0.25) is 0 Å². The highest BCUT2D eigenvalue weighted by molar-refractivity contribution is 7.87. The lowest BCUT2D eigenvalue weighted by Crippen LogP contribution is -2.38. The van der Waals surface area contributed by atoms with E-state index in [0.717, 1.165) is 12.8 Å². The molecular weight excluding hydrogens is 296 g/mol. The summed E-state index contributed by atoms with van der Waals surface area (Å²) in [6, 6.07) is 0. The lowest BCUT2D eigenvalue weighted by molar-refractivity contribution is -0.137. The molecule has 0 heterocycles. The average molecular weight is 320 g/mol. The lowest BCUT2D eigenvalue weighted by Gasteiger charge is -2.32. The molecule has 2 saturated carbocycles. The number of aliphatic carboxylic acids is 1. The smallest absolute Gasteiger partial charge is 0.303 e. The highest BCUT2D eigenvalue weighted by Crippen LogP contribution is 2.64. The van der Waals surface area contributed by atoms with Crippen LogP contribution in [0.4, 0.5) is 0 Å². The molecule has 0 radical (unpaired) electrons. The van der Waals surface area contributed by atoms with Crippen LogP contribution in [-0.4, -0.2) is 35.1 Å². The third-order valence-corrected chi connectivity index (χ3v) is 6.44. The van der Waals surface area contributed by atoms with Crippen molar-refractivity contribution in [1.82, 2.24) is 0 Å². The van der Waals surface area contributed by atoms with Gasteiger partial charge in [0.05, 0.1) is 0 Å². The standard InChI is InChI=1S/C10H16O4S.C4H8O2/c1-9(2)6-4-5-10(9,3)8(11)7(6)15(12,13)14;1-2-3-4(5)6/h6-7H,4-5H2,1-3H3,(H,12,13,14);2-3H2,1H3,(H,5,6). The van der Waals surface area contributed by atoms with Crippen LogP contribution in [0, 0.1) is 16.7 Å². The van der Waals surface area contributed by atoms with Crippen LogP contribution in [0.5, 0.6) is 0 Å². The molecule has 6 nitrogen and oxygen atoms in total. The molecule has 122 valence electrons. The normalized spacial score (nSPS) is 33.5. The average Bonchev–Trinajstić information content (AvgIpc) is 2.60. The Balaban J connectivity index is 0.000000315. The Labute approximate surface area is 125 Å². The van der Waals surface area contributed by atoms with Crippen molar-refractivity contribution in [2.75, 3.05) is 0 Å². The minimum Gasteiger partial charge on any atom is -0.481 e. The molecule has 3 unspecified atom stereocenters. The van der Waals surface area contributed by atoms with Crippen molar-refractivity contribution >= 4 is 21.9 Å². The molecule has 0 aromatic rings. The zero-order valence-electron chi connectivity index (χ0n) is 12.9.